The Kier molecular flexibility index (Phi) is 1.70. The van der Waals surface area contributed by atoms with Gasteiger partial charge < -0.3 is 15.8 Å². The van der Waals surface area contributed by atoms with Gasteiger partial charge in [-0.1, -0.05) is 12.1 Å². The number of aromatic amines is 1. The van der Waals surface area contributed by atoms with Gasteiger partial charge in [-0.15, -0.1) is 0 Å². The molecule has 72 valence electrons. The van der Waals surface area contributed by atoms with Crippen molar-refractivity contribution < 1.29 is 9.90 Å². The van der Waals surface area contributed by atoms with Crippen molar-refractivity contribution in [2.24, 2.45) is 0 Å². The summed E-state index contributed by atoms with van der Waals surface area (Å²) in [6.45, 7) is 1.94. The number of nitrogen functional groups attached to an aromatic ring is 1. The van der Waals surface area contributed by atoms with Gasteiger partial charge in [-0.05, 0) is 18.6 Å². The van der Waals surface area contributed by atoms with Crippen LogP contribution in [0.3, 0.4) is 0 Å². The van der Waals surface area contributed by atoms with Crippen LogP contribution >= 0.6 is 0 Å². The minimum Gasteiger partial charge on any atom is -0.477 e. The van der Waals surface area contributed by atoms with Crippen LogP contribution < -0.4 is 5.73 Å². The van der Waals surface area contributed by atoms with Gasteiger partial charge in [-0.3, -0.25) is 0 Å². The topological polar surface area (TPSA) is 79.1 Å². The van der Waals surface area contributed by atoms with Crippen molar-refractivity contribution in [3.05, 3.63) is 29.5 Å². The third kappa shape index (κ3) is 1.12. The van der Waals surface area contributed by atoms with Crippen LogP contribution in [0, 0.1) is 6.92 Å². The molecule has 0 unspecified atom stereocenters. The maximum absolute atomic E-state index is 10.8. The average Bonchev–Trinajstić information content (AvgIpc) is 2.43. The number of rotatable bonds is 1. The Balaban J connectivity index is 2.79. The van der Waals surface area contributed by atoms with Crippen LogP contribution in [0.15, 0.2) is 18.2 Å². The van der Waals surface area contributed by atoms with Crippen molar-refractivity contribution >= 4 is 22.6 Å². The molecule has 1 aromatic heterocycles. The maximum atomic E-state index is 10.8. The van der Waals surface area contributed by atoms with Crippen LogP contribution in [0.25, 0.3) is 10.9 Å². The minimum atomic E-state index is -1.03. The number of hydrogen-bond acceptors (Lipinski definition) is 2. The van der Waals surface area contributed by atoms with E-state index in [1.54, 1.807) is 0 Å². The number of hydrogen-bond donors (Lipinski definition) is 3. The lowest BCUT2D eigenvalue weighted by molar-refractivity contribution is 0.0692. The highest BCUT2D eigenvalue weighted by atomic mass is 16.4. The number of nitrogens with one attached hydrogen (secondary N) is 1. The zero-order chi connectivity index (χ0) is 10.3. The van der Waals surface area contributed by atoms with Crippen molar-refractivity contribution in [1.82, 2.24) is 4.98 Å². The summed E-state index contributed by atoms with van der Waals surface area (Å²) in [7, 11) is 0. The molecule has 4 N–H and O–H groups in total. The first-order chi connectivity index (χ1) is 6.59. The molecule has 4 heteroatoms. The number of fused-ring (bicyclic) bond motifs is 1. The number of anilines is 1. The predicted octanol–water partition coefficient (Wildman–Crippen LogP) is 1.76. The van der Waals surface area contributed by atoms with Crippen molar-refractivity contribution in [2.45, 2.75) is 6.92 Å². The molecule has 2 aromatic rings. The third-order valence-corrected chi connectivity index (χ3v) is 2.21. The highest BCUT2D eigenvalue weighted by molar-refractivity contribution is 6.04. The van der Waals surface area contributed by atoms with Crippen molar-refractivity contribution in [1.29, 1.82) is 0 Å². The standard InChI is InChI=1S/C10H10N2O2/c1-5-2-3-6-7(4-5)12-9(8(6)11)10(13)14/h2-4,12H,11H2,1H3,(H,13,14). The number of carboxylic acid groups (broad SMARTS) is 1. The minimum absolute atomic E-state index is 0.0607. The van der Waals surface area contributed by atoms with Crippen LogP contribution in [-0.4, -0.2) is 16.1 Å². The molecule has 0 saturated carbocycles. The third-order valence-electron chi connectivity index (χ3n) is 2.21. The van der Waals surface area contributed by atoms with Gasteiger partial charge in [0.25, 0.3) is 0 Å². The summed E-state index contributed by atoms with van der Waals surface area (Å²) in [6, 6.07) is 5.60. The molecule has 0 saturated heterocycles. The molecule has 1 aromatic carbocycles. The van der Waals surface area contributed by atoms with Gasteiger partial charge in [0.15, 0.2) is 0 Å². The predicted molar refractivity (Wildman–Crippen MR) is 54.4 cm³/mol. The molecule has 0 aliphatic rings. The fraction of sp³-hybridized carbons (Fsp3) is 0.100. The lowest BCUT2D eigenvalue weighted by Crippen LogP contribution is -2.00. The molecular weight excluding hydrogens is 180 g/mol. The average molecular weight is 190 g/mol. The zero-order valence-corrected chi connectivity index (χ0v) is 7.66. The monoisotopic (exact) mass is 190 g/mol. The fourth-order valence-electron chi connectivity index (χ4n) is 1.50. The lowest BCUT2D eigenvalue weighted by Gasteiger charge is -1.92. The number of carbonyl (C=O) groups is 1. The van der Waals surface area contributed by atoms with E-state index in [1.165, 1.54) is 0 Å². The molecule has 14 heavy (non-hydrogen) atoms. The second kappa shape index (κ2) is 2.77. The number of carboxylic acids is 1. The molecule has 0 aliphatic carbocycles. The van der Waals surface area contributed by atoms with E-state index in [0.29, 0.717) is 5.69 Å². The highest BCUT2D eigenvalue weighted by Gasteiger charge is 2.13. The normalized spacial score (nSPS) is 10.6. The Bertz CT molecular complexity index is 514. The van der Waals surface area contributed by atoms with Crippen molar-refractivity contribution in [3.8, 4) is 0 Å². The summed E-state index contributed by atoms with van der Waals surface area (Å²) in [5.41, 5.74) is 7.87. The molecule has 0 amide bonds. The van der Waals surface area contributed by atoms with Crippen LogP contribution in [-0.2, 0) is 0 Å². The second-order valence-corrected chi connectivity index (χ2v) is 3.27. The molecule has 0 atom stereocenters. The number of aromatic nitrogens is 1. The molecule has 0 bridgehead atoms. The molecule has 2 rings (SSSR count). The van der Waals surface area contributed by atoms with Crippen LogP contribution in [0.5, 0.6) is 0 Å². The molecule has 0 aliphatic heterocycles. The number of aryl methyl sites for hydroxylation is 1. The highest BCUT2D eigenvalue weighted by Crippen LogP contribution is 2.25. The Labute approximate surface area is 80.3 Å². The molecular formula is C10H10N2O2. The van der Waals surface area contributed by atoms with E-state index in [9.17, 15) is 4.79 Å². The largest absolute Gasteiger partial charge is 0.477 e. The van der Waals surface area contributed by atoms with Gasteiger partial charge in [0, 0.05) is 10.9 Å². The number of benzene rings is 1. The summed E-state index contributed by atoms with van der Waals surface area (Å²) in [4.78, 5) is 13.5. The van der Waals surface area contributed by atoms with Gasteiger partial charge in [0.2, 0.25) is 0 Å². The van der Waals surface area contributed by atoms with E-state index in [4.69, 9.17) is 10.8 Å². The lowest BCUT2D eigenvalue weighted by atomic mass is 10.1. The number of H-pyrrole nitrogens is 1. The maximum Gasteiger partial charge on any atom is 0.354 e. The van der Waals surface area contributed by atoms with Crippen molar-refractivity contribution in [2.75, 3.05) is 5.73 Å². The quantitative estimate of drug-likeness (QED) is 0.641. The molecule has 0 spiro atoms. The smallest absolute Gasteiger partial charge is 0.354 e. The van der Waals surface area contributed by atoms with E-state index < -0.39 is 5.97 Å². The summed E-state index contributed by atoms with van der Waals surface area (Å²) in [6.07, 6.45) is 0. The fourth-order valence-corrected chi connectivity index (χ4v) is 1.50. The number of aromatic carboxylic acids is 1. The van der Waals surface area contributed by atoms with E-state index in [0.717, 1.165) is 16.5 Å². The molecule has 0 radical (unpaired) electrons. The summed E-state index contributed by atoms with van der Waals surface area (Å²) >= 11 is 0. The Morgan fingerprint density at radius 2 is 2.21 bits per heavy atom. The first kappa shape index (κ1) is 8.62. The Hall–Kier alpha value is -1.97. The molecule has 1 heterocycles. The van der Waals surface area contributed by atoms with E-state index in [-0.39, 0.29) is 5.69 Å². The van der Waals surface area contributed by atoms with E-state index in [1.807, 2.05) is 25.1 Å². The number of nitrogens with two attached hydrogens (primary N) is 1. The SMILES string of the molecule is Cc1ccc2c(N)c(C(=O)O)[nH]c2c1. The molecule has 4 nitrogen and oxygen atoms in total. The summed E-state index contributed by atoms with van der Waals surface area (Å²) in [5, 5.41) is 9.58. The van der Waals surface area contributed by atoms with Crippen molar-refractivity contribution in [3.63, 3.8) is 0 Å². The van der Waals surface area contributed by atoms with E-state index in [2.05, 4.69) is 4.98 Å². The van der Waals surface area contributed by atoms with Gasteiger partial charge in [0.1, 0.15) is 5.69 Å². The first-order valence-corrected chi connectivity index (χ1v) is 4.20. The zero-order valence-electron chi connectivity index (χ0n) is 7.66. The first-order valence-electron chi connectivity index (χ1n) is 4.20. The van der Waals surface area contributed by atoms with Crippen LogP contribution in [0.4, 0.5) is 5.69 Å². The second-order valence-electron chi connectivity index (χ2n) is 3.27. The summed E-state index contributed by atoms with van der Waals surface area (Å²) < 4.78 is 0. The van der Waals surface area contributed by atoms with Gasteiger partial charge in [0.05, 0.1) is 5.69 Å². The van der Waals surface area contributed by atoms with Gasteiger partial charge >= 0.3 is 5.97 Å². The van der Waals surface area contributed by atoms with Gasteiger partial charge in [-0.25, -0.2) is 4.79 Å². The van der Waals surface area contributed by atoms with Crippen LogP contribution in [0.2, 0.25) is 0 Å². The van der Waals surface area contributed by atoms with Gasteiger partial charge in [-0.2, -0.15) is 0 Å². The van der Waals surface area contributed by atoms with Crippen LogP contribution in [0.1, 0.15) is 16.1 Å². The Morgan fingerprint density at radius 3 is 2.86 bits per heavy atom. The Morgan fingerprint density at radius 1 is 1.50 bits per heavy atom. The van der Waals surface area contributed by atoms with E-state index >= 15 is 0 Å². The summed E-state index contributed by atoms with van der Waals surface area (Å²) in [5.74, 6) is -1.03. The molecule has 0 fully saturated rings.